The molecule has 2 aromatic carbocycles. The van der Waals surface area contributed by atoms with Gasteiger partial charge >= 0.3 is 5.97 Å². The number of nitrogens with one attached hydrogen (secondary N) is 2. The first-order valence-corrected chi connectivity index (χ1v) is 12.9. The van der Waals surface area contributed by atoms with Crippen LogP contribution in [0.4, 0.5) is 5.69 Å². The fourth-order valence-corrected chi connectivity index (χ4v) is 4.77. The third-order valence-electron chi connectivity index (χ3n) is 4.95. The standard InChI is InChI=1S/C26H25BrClN3O3S/c1-15-22(25(33)34-26(2,3)4)23(16-5-9-18(28)10-6-16)20(13-29)24(30-15)35-14-21(32)31-19-11-7-17(27)8-12-19/h5-12,23,30H,14H2,1-4H3,(H,31,32). The third-order valence-corrected chi connectivity index (χ3v) is 6.74. The van der Waals surface area contributed by atoms with Crippen molar-refractivity contribution in [3.63, 3.8) is 0 Å². The number of ether oxygens (including phenoxy) is 1. The van der Waals surface area contributed by atoms with Gasteiger partial charge in [0.25, 0.3) is 0 Å². The lowest BCUT2D eigenvalue weighted by Crippen LogP contribution is -2.32. The molecule has 1 heterocycles. The molecule has 0 aliphatic carbocycles. The fourth-order valence-electron chi connectivity index (χ4n) is 3.49. The lowest BCUT2D eigenvalue weighted by atomic mass is 9.82. The van der Waals surface area contributed by atoms with Crippen LogP contribution < -0.4 is 10.6 Å². The number of carbonyl (C=O) groups is 2. The summed E-state index contributed by atoms with van der Waals surface area (Å²) in [7, 11) is 0. The van der Waals surface area contributed by atoms with Gasteiger partial charge in [-0.25, -0.2) is 4.79 Å². The average Bonchev–Trinajstić information content (AvgIpc) is 2.78. The van der Waals surface area contributed by atoms with Crippen LogP contribution in [0.1, 0.15) is 39.2 Å². The molecule has 0 aromatic heterocycles. The number of esters is 1. The lowest BCUT2D eigenvalue weighted by Gasteiger charge is -2.31. The van der Waals surface area contributed by atoms with E-state index in [1.54, 1.807) is 64.1 Å². The topological polar surface area (TPSA) is 91.2 Å². The smallest absolute Gasteiger partial charge is 0.337 e. The summed E-state index contributed by atoms with van der Waals surface area (Å²) in [4.78, 5) is 25.7. The molecule has 0 fully saturated rings. The number of carbonyl (C=O) groups excluding carboxylic acids is 2. The number of rotatable bonds is 6. The van der Waals surface area contributed by atoms with Crippen molar-refractivity contribution in [2.75, 3.05) is 11.1 Å². The van der Waals surface area contributed by atoms with Crippen LogP contribution >= 0.6 is 39.3 Å². The first-order chi connectivity index (χ1) is 16.5. The van der Waals surface area contributed by atoms with Crippen molar-refractivity contribution in [1.82, 2.24) is 5.32 Å². The number of dihydropyridines is 1. The molecule has 1 aliphatic heterocycles. The molecule has 1 amide bonds. The molecule has 1 aliphatic rings. The van der Waals surface area contributed by atoms with Crippen molar-refractivity contribution >= 4 is 56.9 Å². The van der Waals surface area contributed by atoms with Crippen molar-refractivity contribution in [2.45, 2.75) is 39.2 Å². The van der Waals surface area contributed by atoms with E-state index in [9.17, 15) is 14.9 Å². The van der Waals surface area contributed by atoms with Crippen LogP contribution in [0, 0.1) is 11.3 Å². The molecule has 0 saturated heterocycles. The van der Waals surface area contributed by atoms with Gasteiger partial charge in [0.05, 0.1) is 33.9 Å². The number of halogens is 2. The van der Waals surface area contributed by atoms with Crippen molar-refractivity contribution in [3.8, 4) is 6.07 Å². The fraction of sp³-hybridized carbons (Fsp3) is 0.269. The molecule has 6 nitrogen and oxygen atoms in total. The minimum Gasteiger partial charge on any atom is -0.457 e. The van der Waals surface area contributed by atoms with Crippen molar-refractivity contribution < 1.29 is 14.3 Å². The van der Waals surface area contributed by atoms with Crippen LogP contribution in [0.5, 0.6) is 0 Å². The molecule has 1 unspecified atom stereocenters. The highest BCUT2D eigenvalue weighted by molar-refractivity contribution is 9.10. The highest BCUT2D eigenvalue weighted by Crippen LogP contribution is 2.41. The maximum atomic E-state index is 13.2. The molecule has 2 aromatic rings. The molecule has 1 atom stereocenters. The van der Waals surface area contributed by atoms with Gasteiger partial charge < -0.3 is 15.4 Å². The van der Waals surface area contributed by atoms with E-state index >= 15 is 0 Å². The van der Waals surface area contributed by atoms with Crippen LogP contribution in [0.25, 0.3) is 0 Å². The molecule has 3 rings (SSSR count). The van der Waals surface area contributed by atoms with E-state index in [1.165, 1.54) is 11.8 Å². The number of benzene rings is 2. The lowest BCUT2D eigenvalue weighted by molar-refractivity contribution is -0.150. The second kappa shape index (κ2) is 11.3. The van der Waals surface area contributed by atoms with E-state index in [0.717, 1.165) is 10.0 Å². The van der Waals surface area contributed by atoms with Crippen molar-refractivity contribution in [3.05, 3.63) is 85.5 Å². The summed E-state index contributed by atoms with van der Waals surface area (Å²) in [5, 5.41) is 17.2. The van der Waals surface area contributed by atoms with E-state index in [4.69, 9.17) is 16.3 Å². The Hall–Kier alpha value is -2.73. The number of nitrogens with zero attached hydrogens (tertiary/aromatic N) is 1. The molecule has 35 heavy (non-hydrogen) atoms. The predicted molar refractivity (Wildman–Crippen MR) is 144 cm³/mol. The molecule has 0 saturated carbocycles. The van der Waals surface area contributed by atoms with Gasteiger partial charge in [0.15, 0.2) is 0 Å². The molecule has 182 valence electrons. The molecular weight excluding hydrogens is 550 g/mol. The number of hydrogen-bond donors (Lipinski definition) is 2. The number of hydrogen-bond acceptors (Lipinski definition) is 6. The summed E-state index contributed by atoms with van der Waals surface area (Å²) < 4.78 is 6.57. The zero-order valence-corrected chi connectivity index (χ0v) is 22.9. The van der Waals surface area contributed by atoms with E-state index < -0.39 is 17.5 Å². The molecule has 2 N–H and O–H groups in total. The van der Waals surface area contributed by atoms with E-state index in [0.29, 0.717) is 32.6 Å². The molecule has 0 bridgehead atoms. The van der Waals surface area contributed by atoms with Crippen LogP contribution in [0.15, 0.2) is 74.9 Å². The van der Waals surface area contributed by atoms with E-state index in [2.05, 4.69) is 32.6 Å². The Bertz CT molecular complexity index is 1230. The van der Waals surface area contributed by atoms with Crippen molar-refractivity contribution in [1.29, 1.82) is 5.26 Å². The first-order valence-electron chi connectivity index (χ1n) is 10.8. The Morgan fingerprint density at radius 3 is 2.37 bits per heavy atom. The first kappa shape index (κ1) is 26.9. The van der Waals surface area contributed by atoms with Gasteiger partial charge in [-0.3, -0.25) is 4.79 Å². The Morgan fingerprint density at radius 2 is 1.80 bits per heavy atom. The Kier molecular flexibility index (Phi) is 8.70. The van der Waals surface area contributed by atoms with E-state index in [-0.39, 0.29) is 11.7 Å². The normalized spacial score (nSPS) is 15.9. The SMILES string of the molecule is CC1=C(C(=O)OC(C)(C)C)C(c2ccc(Cl)cc2)C(C#N)=C(SCC(=O)Nc2ccc(Br)cc2)N1. The molecule has 0 spiro atoms. The summed E-state index contributed by atoms with van der Waals surface area (Å²) in [5.74, 6) is -1.31. The highest BCUT2D eigenvalue weighted by atomic mass is 79.9. The summed E-state index contributed by atoms with van der Waals surface area (Å²) in [6, 6.07) is 16.5. The highest BCUT2D eigenvalue weighted by Gasteiger charge is 2.37. The van der Waals surface area contributed by atoms with Crippen LogP contribution in [-0.4, -0.2) is 23.2 Å². The summed E-state index contributed by atoms with van der Waals surface area (Å²) in [6.45, 7) is 7.14. The van der Waals surface area contributed by atoms with Gasteiger partial charge in [-0.05, 0) is 69.7 Å². The van der Waals surface area contributed by atoms with Crippen LogP contribution in [0.2, 0.25) is 5.02 Å². The van der Waals surface area contributed by atoms with Gasteiger partial charge in [-0.15, -0.1) is 0 Å². The predicted octanol–water partition coefficient (Wildman–Crippen LogP) is 6.51. The maximum absolute atomic E-state index is 13.2. The number of amides is 1. The van der Waals surface area contributed by atoms with Crippen LogP contribution in [0.3, 0.4) is 0 Å². The number of thioether (sulfide) groups is 1. The molecular formula is C26H25BrClN3O3S. The zero-order valence-electron chi connectivity index (χ0n) is 19.7. The summed E-state index contributed by atoms with van der Waals surface area (Å²) in [5.41, 5.74) is 1.94. The summed E-state index contributed by atoms with van der Waals surface area (Å²) in [6.07, 6.45) is 0. The number of anilines is 1. The number of allylic oxidation sites excluding steroid dienone is 2. The van der Waals surface area contributed by atoms with Gasteiger partial charge in [0.1, 0.15) is 5.60 Å². The maximum Gasteiger partial charge on any atom is 0.337 e. The third kappa shape index (κ3) is 7.14. The largest absolute Gasteiger partial charge is 0.457 e. The second-order valence-corrected chi connectivity index (χ2v) is 11.2. The minimum absolute atomic E-state index is 0.0754. The monoisotopic (exact) mass is 573 g/mol. The van der Waals surface area contributed by atoms with Crippen molar-refractivity contribution in [2.24, 2.45) is 0 Å². The Labute approximate surface area is 222 Å². The van der Waals surface area contributed by atoms with E-state index in [1.807, 2.05) is 12.1 Å². The molecule has 0 radical (unpaired) electrons. The van der Waals surface area contributed by atoms with Gasteiger partial charge in [0, 0.05) is 20.9 Å². The van der Waals surface area contributed by atoms with Gasteiger partial charge in [0.2, 0.25) is 5.91 Å². The van der Waals surface area contributed by atoms with Gasteiger partial charge in [-0.1, -0.05) is 51.4 Å². The second-order valence-electron chi connectivity index (χ2n) is 8.85. The summed E-state index contributed by atoms with van der Waals surface area (Å²) >= 11 is 10.7. The average molecular weight is 575 g/mol. The minimum atomic E-state index is -0.703. The molecule has 9 heteroatoms. The van der Waals surface area contributed by atoms with Gasteiger partial charge in [-0.2, -0.15) is 5.26 Å². The quantitative estimate of drug-likeness (QED) is 0.382. The Morgan fingerprint density at radius 1 is 1.17 bits per heavy atom. The van der Waals surface area contributed by atoms with Crippen LogP contribution in [-0.2, 0) is 14.3 Å². The Balaban J connectivity index is 1.91. The number of nitriles is 1. The zero-order chi connectivity index (χ0) is 25.8.